The molecule has 0 aromatic carbocycles. The summed E-state index contributed by atoms with van der Waals surface area (Å²) in [6.07, 6.45) is 6.54. The minimum absolute atomic E-state index is 0.0386. The normalized spacial score (nSPS) is 33.3. The lowest BCUT2D eigenvalue weighted by Gasteiger charge is -2.46. The Morgan fingerprint density at radius 1 is 1.21 bits per heavy atom. The van der Waals surface area contributed by atoms with Crippen molar-refractivity contribution in [3.8, 4) is 0 Å². The van der Waals surface area contributed by atoms with Gasteiger partial charge in [0.1, 0.15) is 0 Å². The molecule has 2 unspecified atom stereocenters. The van der Waals surface area contributed by atoms with Crippen LogP contribution in [0.25, 0.3) is 0 Å². The van der Waals surface area contributed by atoms with E-state index in [0.29, 0.717) is 0 Å². The number of carbonyl (C=O) groups is 1. The number of carbonyl (C=O) groups excluding carboxylic acids is 1. The molecule has 0 spiro atoms. The molecule has 1 heterocycles. The van der Waals surface area contributed by atoms with Crippen molar-refractivity contribution in [1.29, 1.82) is 0 Å². The second kappa shape index (κ2) is 4.91. The molecule has 2 atom stereocenters. The molecule has 1 aliphatic heterocycles. The van der Waals surface area contributed by atoms with Crippen LogP contribution in [0.4, 0.5) is 0 Å². The van der Waals surface area contributed by atoms with Crippen LogP contribution in [-0.2, 0) is 4.79 Å². The average molecular weight is 265 g/mol. The quantitative estimate of drug-likeness (QED) is 0.660. The molecule has 1 amide bonds. The van der Waals surface area contributed by atoms with Crippen molar-refractivity contribution in [2.24, 2.45) is 11.7 Å². The summed E-state index contributed by atoms with van der Waals surface area (Å²) >= 11 is 0. The minimum Gasteiger partial charge on any atom is -0.353 e. The number of hydrogen-bond donors (Lipinski definition) is 3. The summed E-state index contributed by atoms with van der Waals surface area (Å²) in [5, 5.41) is 6.83. The van der Waals surface area contributed by atoms with Crippen molar-refractivity contribution in [1.82, 2.24) is 10.6 Å². The maximum Gasteiger partial charge on any atom is 0.227 e. The predicted molar refractivity (Wildman–Crippen MR) is 77.7 cm³/mol. The van der Waals surface area contributed by atoms with Crippen LogP contribution in [0.5, 0.6) is 0 Å². The van der Waals surface area contributed by atoms with E-state index in [9.17, 15) is 4.79 Å². The molecule has 4 N–H and O–H groups in total. The van der Waals surface area contributed by atoms with Crippen LogP contribution < -0.4 is 16.4 Å². The molecule has 2 aliphatic rings. The maximum atomic E-state index is 12.2. The van der Waals surface area contributed by atoms with Gasteiger partial charge in [-0.2, -0.15) is 0 Å². The summed E-state index contributed by atoms with van der Waals surface area (Å²) in [6.45, 7) is 8.77. The molecule has 1 aliphatic carbocycles. The highest BCUT2D eigenvalue weighted by atomic mass is 16.1. The van der Waals surface area contributed by atoms with Crippen LogP contribution in [0.15, 0.2) is 12.2 Å². The highest BCUT2D eigenvalue weighted by molar-refractivity contribution is 5.81. The van der Waals surface area contributed by atoms with Crippen LogP contribution in [0.1, 0.15) is 47.0 Å². The summed E-state index contributed by atoms with van der Waals surface area (Å²) < 4.78 is 0. The van der Waals surface area contributed by atoms with Crippen LogP contribution in [0, 0.1) is 5.92 Å². The third-order valence-corrected chi connectivity index (χ3v) is 3.99. The third-order valence-electron chi connectivity index (χ3n) is 3.99. The zero-order chi connectivity index (χ0) is 14.3. The van der Waals surface area contributed by atoms with Gasteiger partial charge in [-0.25, -0.2) is 0 Å². The Morgan fingerprint density at radius 3 is 2.26 bits per heavy atom. The van der Waals surface area contributed by atoms with Crippen molar-refractivity contribution in [3.63, 3.8) is 0 Å². The lowest BCUT2D eigenvalue weighted by Crippen LogP contribution is -2.62. The van der Waals surface area contributed by atoms with Crippen molar-refractivity contribution >= 4 is 5.91 Å². The fraction of sp³-hybridized carbons (Fsp3) is 0.800. The molecule has 4 nitrogen and oxygen atoms in total. The van der Waals surface area contributed by atoms with E-state index in [0.717, 1.165) is 19.3 Å². The molecule has 0 saturated carbocycles. The molecular formula is C15H27N3O. The maximum absolute atomic E-state index is 12.2. The van der Waals surface area contributed by atoms with Gasteiger partial charge >= 0.3 is 0 Å². The van der Waals surface area contributed by atoms with Gasteiger partial charge in [0.25, 0.3) is 0 Å². The van der Waals surface area contributed by atoms with Gasteiger partial charge in [-0.15, -0.1) is 0 Å². The molecule has 19 heavy (non-hydrogen) atoms. The Kier molecular flexibility index (Phi) is 3.76. The Hall–Kier alpha value is -0.870. The fourth-order valence-electron chi connectivity index (χ4n) is 3.65. The van der Waals surface area contributed by atoms with Crippen molar-refractivity contribution in [3.05, 3.63) is 12.2 Å². The van der Waals surface area contributed by atoms with Gasteiger partial charge in [0.05, 0.1) is 5.92 Å². The number of rotatable bonds is 2. The van der Waals surface area contributed by atoms with Crippen molar-refractivity contribution < 1.29 is 4.79 Å². The van der Waals surface area contributed by atoms with Crippen molar-refractivity contribution in [2.45, 2.75) is 70.1 Å². The first-order valence-electron chi connectivity index (χ1n) is 7.20. The average Bonchev–Trinajstić information content (AvgIpc) is 2.59. The summed E-state index contributed by atoms with van der Waals surface area (Å²) in [4.78, 5) is 12.2. The SMILES string of the molecule is CC1(C)CC(NC(=O)C2C=CC(N)C2)CC(C)(C)N1. The lowest BCUT2D eigenvalue weighted by molar-refractivity contribution is -0.124. The number of nitrogens with two attached hydrogens (primary N) is 1. The van der Waals surface area contributed by atoms with Crippen LogP contribution >= 0.6 is 0 Å². The highest BCUT2D eigenvalue weighted by Crippen LogP contribution is 2.29. The van der Waals surface area contributed by atoms with E-state index in [2.05, 4.69) is 38.3 Å². The zero-order valence-electron chi connectivity index (χ0n) is 12.5. The Balaban J connectivity index is 1.95. The van der Waals surface area contributed by atoms with Gasteiger partial charge < -0.3 is 16.4 Å². The second-order valence-corrected chi connectivity index (χ2v) is 7.40. The Labute approximate surface area is 116 Å². The standard InChI is InChI=1S/C15H27N3O/c1-14(2)8-12(9-15(3,4)18-14)17-13(19)10-5-6-11(16)7-10/h5-6,10-12,18H,7-9,16H2,1-4H3,(H,17,19). The number of nitrogens with one attached hydrogen (secondary N) is 2. The van der Waals surface area contributed by atoms with Gasteiger partial charge in [0.15, 0.2) is 0 Å². The molecule has 0 aromatic heterocycles. The van der Waals surface area contributed by atoms with Crippen LogP contribution in [0.2, 0.25) is 0 Å². The van der Waals surface area contributed by atoms with Gasteiger partial charge in [0, 0.05) is 23.2 Å². The van der Waals surface area contributed by atoms with Crippen molar-refractivity contribution in [2.75, 3.05) is 0 Å². The van der Waals surface area contributed by atoms with E-state index in [1.54, 1.807) is 0 Å². The molecule has 108 valence electrons. The summed E-state index contributed by atoms with van der Waals surface area (Å²) in [6, 6.07) is 0.278. The predicted octanol–water partition coefficient (Wildman–Crippen LogP) is 1.32. The van der Waals surface area contributed by atoms with Crippen LogP contribution in [-0.4, -0.2) is 29.1 Å². The number of piperidine rings is 1. The van der Waals surface area contributed by atoms with Gasteiger partial charge in [0.2, 0.25) is 5.91 Å². The number of amides is 1. The highest BCUT2D eigenvalue weighted by Gasteiger charge is 2.38. The molecule has 4 heteroatoms. The summed E-state index contributed by atoms with van der Waals surface area (Å²) in [5.41, 5.74) is 5.92. The van der Waals surface area contributed by atoms with E-state index in [-0.39, 0.29) is 35.0 Å². The first-order valence-corrected chi connectivity index (χ1v) is 7.20. The summed E-state index contributed by atoms with van der Waals surface area (Å²) in [7, 11) is 0. The molecule has 0 radical (unpaired) electrons. The van der Waals surface area contributed by atoms with E-state index < -0.39 is 0 Å². The first kappa shape index (κ1) is 14.5. The second-order valence-electron chi connectivity index (χ2n) is 7.40. The smallest absolute Gasteiger partial charge is 0.227 e. The van der Waals surface area contributed by atoms with Crippen LogP contribution in [0.3, 0.4) is 0 Å². The van der Waals surface area contributed by atoms with Gasteiger partial charge in [-0.1, -0.05) is 12.2 Å². The fourth-order valence-corrected chi connectivity index (χ4v) is 3.65. The van der Waals surface area contributed by atoms with E-state index in [4.69, 9.17) is 5.73 Å². The Morgan fingerprint density at radius 2 is 1.79 bits per heavy atom. The monoisotopic (exact) mass is 265 g/mol. The molecule has 0 bridgehead atoms. The van der Waals surface area contributed by atoms with Gasteiger partial charge in [-0.3, -0.25) is 4.79 Å². The first-order chi connectivity index (χ1) is 8.67. The summed E-state index contributed by atoms with van der Waals surface area (Å²) in [5.74, 6) is 0.0822. The third kappa shape index (κ3) is 3.80. The topological polar surface area (TPSA) is 67.2 Å². The zero-order valence-corrected chi connectivity index (χ0v) is 12.5. The van der Waals surface area contributed by atoms with Gasteiger partial charge in [-0.05, 0) is 47.0 Å². The largest absolute Gasteiger partial charge is 0.353 e. The van der Waals surface area contributed by atoms with E-state index in [1.165, 1.54) is 0 Å². The molecule has 2 rings (SSSR count). The Bertz CT molecular complexity index is 371. The number of hydrogen-bond acceptors (Lipinski definition) is 3. The van der Waals surface area contributed by atoms with E-state index >= 15 is 0 Å². The molecule has 1 fully saturated rings. The van der Waals surface area contributed by atoms with E-state index in [1.807, 2.05) is 12.2 Å². The molecular weight excluding hydrogens is 238 g/mol. The minimum atomic E-state index is -0.0453. The lowest BCUT2D eigenvalue weighted by atomic mass is 9.79. The molecule has 1 saturated heterocycles. The molecule has 0 aromatic rings.